The Bertz CT molecular complexity index is 620. The average molecular weight is 250 g/mol. The van der Waals surface area contributed by atoms with Crippen molar-refractivity contribution in [2.75, 3.05) is 0 Å². The van der Waals surface area contributed by atoms with Gasteiger partial charge in [-0.2, -0.15) is 0 Å². The second-order valence-electron chi connectivity index (χ2n) is 5.90. The third kappa shape index (κ3) is 2.20. The SMILES string of the molecule is Cc1ccc2c(c1)CCCCc1c(C)ccc-2c1C. The Hall–Kier alpha value is -1.56. The molecule has 3 rings (SSSR count). The summed E-state index contributed by atoms with van der Waals surface area (Å²) in [6.45, 7) is 6.74. The van der Waals surface area contributed by atoms with Crippen molar-refractivity contribution < 1.29 is 0 Å². The van der Waals surface area contributed by atoms with Crippen molar-refractivity contribution in [1.82, 2.24) is 0 Å². The van der Waals surface area contributed by atoms with Crippen LogP contribution in [-0.4, -0.2) is 0 Å². The maximum Gasteiger partial charge on any atom is -0.0149 e. The second-order valence-corrected chi connectivity index (χ2v) is 5.90. The molecule has 0 nitrogen and oxygen atoms in total. The first-order valence-corrected chi connectivity index (χ1v) is 7.36. The molecule has 0 aromatic heterocycles. The van der Waals surface area contributed by atoms with Gasteiger partial charge >= 0.3 is 0 Å². The molecule has 0 fully saturated rings. The Balaban J connectivity index is 2.27. The molecule has 0 radical (unpaired) electrons. The van der Waals surface area contributed by atoms with Crippen molar-refractivity contribution in [1.29, 1.82) is 0 Å². The van der Waals surface area contributed by atoms with Crippen molar-refractivity contribution in [2.45, 2.75) is 46.5 Å². The lowest BCUT2D eigenvalue weighted by Crippen LogP contribution is -1.96. The fourth-order valence-electron chi connectivity index (χ4n) is 3.38. The number of benzene rings is 2. The van der Waals surface area contributed by atoms with Crippen molar-refractivity contribution in [3.63, 3.8) is 0 Å². The van der Waals surface area contributed by atoms with Crippen molar-refractivity contribution in [3.8, 4) is 11.1 Å². The molecule has 0 amide bonds. The molecule has 1 aliphatic rings. The summed E-state index contributed by atoms with van der Waals surface area (Å²) >= 11 is 0. The third-order valence-electron chi connectivity index (χ3n) is 4.51. The van der Waals surface area contributed by atoms with Crippen molar-refractivity contribution >= 4 is 0 Å². The Kier molecular flexibility index (Phi) is 3.18. The van der Waals surface area contributed by atoms with Crippen LogP contribution < -0.4 is 0 Å². The van der Waals surface area contributed by atoms with Gasteiger partial charge in [0.25, 0.3) is 0 Å². The highest BCUT2D eigenvalue weighted by Gasteiger charge is 2.14. The molecule has 2 aromatic rings. The van der Waals surface area contributed by atoms with Crippen LogP contribution in [-0.2, 0) is 12.8 Å². The van der Waals surface area contributed by atoms with Crippen LogP contribution in [0.4, 0.5) is 0 Å². The minimum absolute atomic E-state index is 1.22. The number of aryl methyl sites for hydroxylation is 3. The fourth-order valence-corrected chi connectivity index (χ4v) is 3.38. The summed E-state index contributed by atoms with van der Waals surface area (Å²) in [7, 11) is 0. The molecule has 0 atom stereocenters. The zero-order valence-corrected chi connectivity index (χ0v) is 12.2. The fraction of sp³-hybridized carbons (Fsp3) is 0.368. The van der Waals surface area contributed by atoms with Gasteiger partial charge in [0.2, 0.25) is 0 Å². The smallest absolute Gasteiger partial charge is 0.0149 e. The lowest BCUT2D eigenvalue weighted by Gasteiger charge is -2.15. The van der Waals surface area contributed by atoms with Gasteiger partial charge in [-0.05, 0) is 79.8 Å². The van der Waals surface area contributed by atoms with Crippen LogP contribution in [0.15, 0.2) is 30.3 Å². The molecule has 0 aliphatic heterocycles. The average Bonchev–Trinajstić information content (AvgIpc) is 2.42. The lowest BCUT2D eigenvalue weighted by atomic mass is 9.90. The standard InChI is InChI=1S/C19H22/c1-13-8-10-19-16(12-13)6-4-5-7-17-14(2)9-11-18(19)15(17)3/h8-12H,4-7H2,1-3H3. The zero-order valence-electron chi connectivity index (χ0n) is 12.2. The van der Waals surface area contributed by atoms with E-state index in [2.05, 4.69) is 51.1 Å². The third-order valence-corrected chi connectivity index (χ3v) is 4.51. The molecule has 0 unspecified atom stereocenters. The minimum atomic E-state index is 1.22. The van der Waals surface area contributed by atoms with E-state index < -0.39 is 0 Å². The van der Waals surface area contributed by atoms with Gasteiger partial charge in [0.1, 0.15) is 0 Å². The van der Waals surface area contributed by atoms with E-state index in [0.717, 1.165) is 0 Å². The van der Waals surface area contributed by atoms with Gasteiger partial charge in [-0.25, -0.2) is 0 Å². The predicted octanol–water partition coefficient (Wildman–Crippen LogP) is 5.16. The largest absolute Gasteiger partial charge is 0.0587 e. The molecule has 0 saturated heterocycles. The summed E-state index contributed by atoms with van der Waals surface area (Å²) in [6.07, 6.45) is 5.05. The van der Waals surface area contributed by atoms with E-state index in [9.17, 15) is 0 Å². The molecule has 0 saturated carbocycles. The van der Waals surface area contributed by atoms with Gasteiger partial charge in [0.15, 0.2) is 0 Å². The molecular formula is C19H22. The summed E-state index contributed by atoms with van der Waals surface area (Å²) in [5.41, 5.74) is 10.3. The molecule has 0 N–H and O–H groups in total. The van der Waals surface area contributed by atoms with Gasteiger partial charge in [-0.15, -0.1) is 0 Å². The first kappa shape index (κ1) is 12.5. The van der Waals surface area contributed by atoms with Gasteiger partial charge in [0.05, 0.1) is 0 Å². The Labute approximate surface area is 116 Å². The monoisotopic (exact) mass is 250 g/mol. The predicted molar refractivity (Wildman–Crippen MR) is 82.7 cm³/mol. The van der Waals surface area contributed by atoms with Crippen LogP contribution in [0.5, 0.6) is 0 Å². The molecule has 19 heavy (non-hydrogen) atoms. The second kappa shape index (κ2) is 4.85. The van der Waals surface area contributed by atoms with E-state index in [4.69, 9.17) is 0 Å². The molecule has 2 aromatic carbocycles. The van der Waals surface area contributed by atoms with E-state index in [1.54, 1.807) is 5.56 Å². The maximum atomic E-state index is 2.37. The van der Waals surface area contributed by atoms with Crippen LogP contribution in [0, 0.1) is 20.8 Å². The summed E-state index contributed by atoms with van der Waals surface area (Å²) in [4.78, 5) is 0. The quantitative estimate of drug-likeness (QED) is 0.606. The first-order chi connectivity index (χ1) is 9.16. The van der Waals surface area contributed by atoms with Crippen molar-refractivity contribution in [3.05, 3.63) is 58.1 Å². The van der Waals surface area contributed by atoms with E-state index in [1.165, 1.54) is 59.1 Å². The highest BCUT2D eigenvalue weighted by atomic mass is 14.2. The van der Waals surface area contributed by atoms with E-state index in [0.29, 0.717) is 0 Å². The summed E-state index contributed by atoms with van der Waals surface area (Å²) < 4.78 is 0. The summed E-state index contributed by atoms with van der Waals surface area (Å²) in [5.74, 6) is 0. The number of hydrogen-bond donors (Lipinski definition) is 0. The van der Waals surface area contributed by atoms with Crippen LogP contribution in [0.1, 0.15) is 40.7 Å². The molecule has 0 heterocycles. The Morgan fingerprint density at radius 2 is 1.53 bits per heavy atom. The number of rotatable bonds is 0. The molecule has 0 spiro atoms. The highest BCUT2D eigenvalue weighted by Crippen LogP contribution is 2.33. The van der Waals surface area contributed by atoms with Gasteiger partial charge < -0.3 is 0 Å². The highest BCUT2D eigenvalue weighted by molar-refractivity contribution is 5.73. The Morgan fingerprint density at radius 3 is 2.37 bits per heavy atom. The molecular weight excluding hydrogens is 228 g/mol. The molecule has 1 aliphatic carbocycles. The van der Waals surface area contributed by atoms with Crippen LogP contribution in [0.2, 0.25) is 0 Å². The Morgan fingerprint density at radius 1 is 0.789 bits per heavy atom. The summed E-state index contributed by atoms with van der Waals surface area (Å²) in [6, 6.07) is 11.5. The number of fused-ring (bicyclic) bond motifs is 4. The van der Waals surface area contributed by atoms with Gasteiger partial charge in [-0.3, -0.25) is 0 Å². The number of hydrogen-bond acceptors (Lipinski definition) is 0. The van der Waals surface area contributed by atoms with Gasteiger partial charge in [-0.1, -0.05) is 35.9 Å². The van der Waals surface area contributed by atoms with Crippen LogP contribution in [0.3, 0.4) is 0 Å². The van der Waals surface area contributed by atoms with E-state index in [1.807, 2.05) is 0 Å². The topological polar surface area (TPSA) is 0 Å². The lowest BCUT2D eigenvalue weighted by molar-refractivity contribution is 0.733. The van der Waals surface area contributed by atoms with Crippen LogP contribution >= 0.6 is 0 Å². The van der Waals surface area contributed by atoms with Crippen molar-refractivity contribution in [2.24, 2.45) is 0 Å². The van der Waals surface area contributed by atoms with Crippen LogP contribution in [0.25, 0.3) is 11.1 Å². The van der Waals surface area contributed by atoms with E-state index in [-0.39, 0.29) is 0 Å². The minimum Gasteiger partial charge on any atom is -0.0587 e. The summed E-state index contributed by atoms with van der Waals surface area (Å²) in [5, 5.41) is 0. The molecule has 0 heteroatoms. The first-order valence-electron chi connectivity index (χ1n) is 7.36. The van der Waals surface area contributed by atoms with Gasteiger partial charge in [0, 0.05) is 0 Å². The zero-order chi connectivity index (χ0) is 13.4. The maximum absolute atomic E-state index is 2.37. The normalized spacial score (nSPS) is 14.3. The van der Waals surface area contributed by atoms with E-state index >= 15 is 0 Å². The molecule has 98 valence electrons. The molecule has 2 bridgehead atoms.